The van der Waals surface area contributed by atoms with Gasteiger partial charge in [0.25, 0.3) is 0 Å². The molecule has 3 N–H and O–H groups in total. The largest absolute Gasteiger partial charge is 0.390 e. The number of rotatable bonds is 8. The van der Waals surface area contributed by atoms with Crippen LogP contribution < -0.4 is 10.6 Å². The lowest BCUT2D eigenvalue weighted by molar-refractivity contribution is 0.168. The summed E-state index contributed by atoms with van der Waals surface area (Å²) in [5.74, 6) is 0. The first-order valence-corrected chi connectivity index (χ1v) is 7.02. The molecule has 0 radical (unpaired) electrons. The van der Waals surface area contributed by atoms with Crippen molar-refractivity contribution in [3.05, 3.63) is 71.8 Å². The third kappa shape index (κ3) is 5.53. The molecular weight excluding hydrogens is 248 g/mol. The molecule has 0 bridgehead atoms. The summed E-state index contributed by atoms with van der Waals surface area (Å²) in [6.45, 7) is 2.76. The minimum absolute atomic E-state index is 0.373. The molecule has 0 aromatic heterocycles. The Balaban J connectivity index is 1.58. The monoisotopic (exact) mass is 270 g/mol. The van der Waals surface area contributed by atoms with E-state index in [1.807, 2.05) is 36.4 Å². The van der Waals surface area contributed by atoms with E-state index in [0.717, 1.165) is 13.1 Å². The smallest absolute Gasteiger partial charge is 0.0788 e. The summed E-state index contributed by atoms with van der Waals surface area (Å²) in [5, 5.41) is 16.4. The molecule has 0 aliphatic rings. The van der Waals surface area contributed by atoms with Gasteiger partial charge < -0.3 is 15.7 Å². The maximum atomic E-state index is 9.88. The van der Waals surface area contributed by atoms with E-state index in [9.17, 15) is 5.11 Å². The Morgan fingerprint density at radius 3 is 1.50 bits per heavy atom. The number of aliphatic hydroxyl groups is 1. The van der Waals surface area contributed by atoms with Crippen LogP contribution in [-0.2, 0) is 13.1 Å². The van der Waals surface area contributed by atoms with E-state index in [2.05, 4.69) is 34.9 Å². The lowest BCUT2D eigenvalue weighted by Crippen LogP contribution is -2.35. The molecule has 0 aliphatic heterocycles. The van der Waals surface area contributed by atoms with Crippen LogP contribution in [0.4, 0.5) is 0 Å². The minimum Gasteiger partial charge on any atom is -0.390 e. The van der Waals surface area contributed by atoms with Gasteiger partial charge in [-0.2, -0.15) is 0 Å². The predicted molar refractivity (Wildman–Crippen MR) is 82.3 cm³/mol. The van der Waals surface area contributed by atoms with Crippen LogP contribution in [0.15, 0.2) is 60.7 Å². The Labute approximate surface area is 120 Å². The summed E-state index contributed by atoms with van der Waals surface area (Å²) in [6, 6.07) is 20.4. The van der Waals surface area contributed by atoms with Crippen molar-refractivity contribution >= 4 is 0 Å². The Kier molecular flexibility index (Phi) is 6.24. The van der Waals surface area contributed by atoms with Gasteiger partial charge in [0.15, 0.2) is 0 Å². The van der Waals surface area contributed by atoms with Crippen molar-refractivity contribution in [3.63, 3.8) is 0 Å². The minimum atomic E-state index is -0.373. The molecule has 0 unspecified atom stereocenters. The van der Waals surface area contributed by atoms with Crippen LogP contribution in [0.1, 0.15) is 11.1 Å². The Bertz CT molecular complexity index is 427. The topological polar surface area (TPSA) is 44.3 Å². The number of aliphatic hydroxyl groups excluding tert-OH is 1. The standard InChI is InChI=1S/C17H22N2O/c20-17(13-18-11-15-7-3-1-4-8-15)14-19-12-16-9-5-2-6-10-16/h1-10,17-20H,11-14H2. The van der Waals surface area contributed by atoms with Crippen molar-refractivity contribution in [1.29, 1.82) is 0 Å². The molecule has 0 amide bonds. The van der Waals surface area contributed by atoms with Gasteiger partial charge in [-0.3, -0.25) is 0 Å². The van der Waals surface area contributed by atoms with Gasteiger partial charge >= 0.3 is 0 Å². The van der Waals surface area contributed by atoms with Crippen LogP contribution in [0.5, 0.6) is 0 Å². The molecule has 0 atom stereocenters. The molecule has 2 aromatic carbocycles. The summed E-state index contributed by atoms with van der Waals surface area (Å²) in [6.07, 6.45) is -0.373. The molecule has 0 spiro atoms. The Morgan fingerprint density at radius 2 is 1.10 bits per heavy atom. The number of nitrogens with one attached hydrogen (secondary N) is 2. The highest BCUT2D eigenvalue weighted by Crippen LogP contribution is 1.98. The van der Waals surface area contributed by atoms with Crippen LogP contribution in [-0.4, -0.2) is 24.3 Å². The zero-order chi connectivity index (χ0) is 14.0. The summed E-state index contributed by atoms with van der Waals surface area (Å²) < 4.78 is 0. The lowest BCUT2D eigenvalue weighted by Gasteiger charge is -2.13. The molecule has 0 aliphatic carbocycles. The molecule has 0 heterocycles. The predicted octanol–water partition coefficient (Wildman–Crippen LogP) is 1.93. The van der Waals surface area contributed by atoms with Crippen molar-refractivity contribution in [1.82, 2.24) is 10.6 Å². The molecular formula is C17H22N2O. The first kappa shape index (κ1) is 14.7. The lowest BCUT2D eigenvalue weighted by atomic mass is 10.2. The van der Waals surface area contributed by atoms with Gasteiger partial charge in [0, 0.05) is 26.2 Å². The van der Waals surface area contributed by atoms with E-state index in [-0.39, 0.29) is 6.10 Å². The van der Waals surface area contributed by atoms with Crippen molar-refractivity contribution in [2.75, 3.05) is 13.1 Å². The summed E-state index contributed by atoms with van der Waals surface area (Å²) >= 11 is 0. The summed E-state index contributed by atoms with van der Waals surface area (Å²) in [7, 11) is 0. The number of hydrogen-bond acceptors (Lipinski definition) is 3. The SMILES string of the molecule is OC(CNCc1ccccc1)CNCc1ccccc1. The van der Waals surface area contributed by atoms with Crippen LogP contribution in [0.2, 0.25) is 0 Å². The third-order valence-corrected chi connectivity index (χ3v) is 3.10. The summed E-state index contributed by atoms with van der Waals surface area (Å²) in [4.78, 5) is 0. The van der Waals surface area contributed by atoms with Gasteiger partial charge in [-0.1, -0.05) is 60.7 Å². The molecule has 106 valence electrons. The quantitative estimate of drug-likeness (QED) is 0.687. The second kappa shape index (κ2) is 8.48. The van der Waals surface area contributed by atoms with E-state index in [1.54, 1.807) is 0 Å². The fraction of sp³-hybridized carbons (Fsp3) is 0.294. The zero-order valence-corrected chi connectivity index (χ0v) is 11.6. The van der Waals surface area contributed by atoms with E-state index in [1.165, 1.54) is 11.1 Å². The molecule has 2 rings (SSSR count). The molecule has 3 heteroatoms. The Hall–Kier alpha value is -1.68. The highest BCUT2D eigenvalue weighted by atomic mass is 16.3. The number of benzene rings is 2. The number of hydrogen-bond donors (Lipinski definition) is 3. The van der Waals surface area contributed by atoms with E-state index >= 15 is 0 Å². The fourth-order valence-corrected chi connectivity index (χ4v) is 2.03. The van der Waals surface area contributed by atoms with Crippen molar-refractivity contribution in [2.45, 2.75) is 19.2 Å². The van der Waals surface area contributed by atoms with Crippen LogP contribution in [0.3, 0.4) is 0 Å². The highest BCUT2D eigenvalue weighted by Gasteiger charge is 2.03. The molecule has 0 fully saturated rings. The maximum absolute atomic E-state index is 9.88. The van der Waals surface area contributed by atoms with Crippen molar-refractivity contribution in [2.24, 2.45) is 0 Å². The third-order valence-electron chi connectivity index (χ3n) is 3.10. The first-order valence-electron chi connectivity index (χ1n) is 7.02. The van der Waals surface area contributed by atoms with Crippen LogP contribution >= 0.6 is 0 Å². The first-order chi connectivity index (χ1) is 9.84. The van der Waals surface area contributed by atoms with Gasteiger partial charge in [-0.15, -0.1) is 0 Å². The molecule has 20 heavy (non-hydrogen) atoms. The Morgan fingerprint density at radius 1 is 0.700 bits per heavy atom. The van der Waals surface area contributed by atoms with Crippen molar-refractivity contribution < 1.29 is 5.11 Å². The zero-order valence-electron chi connectivity index (χ0n) is 11.6. The van der Waals surface area contributed by atoms with Gasteiger partial charge in [0.2, 0.25) is 0 Å². The molecule has 3 nitrogen and oxygen atoms in total. The van der Waals surface area contributed by atoms with E-state index in [4.69, 9.17) is 0 Å². The van der Waals surface area contributed by atoms with E-state index in [0.29, 0.717) is 13.1 Å². The second-order valence-electron chi connectivity index (χ2n) is 4.89. The van der Waals surface area contributed by atoms with E-state index < -0.39 is 0 Å². The average molecular weight is 270 g/mol. The highest BCUT2D eigenvalue weighted by molar-refractivity contribution is 5.15. The van der Waals surface area contributed by atoms with Gasteiger partial charge in [-0.05, 0) is 11.1 Å². The molecule has 0 saturated carbocycles. The maximum Gasteiger partial charge on any atom is 0.0788 e. The summed E-state index contributed by atoms with van der Waals surface area (Å²) in [5.41, 5.74) is 2.47. The van der Waals surface area contributed by atoms with Crippen molar-refractivity contribution in [3.8, 4) is 0 Å². The van der Waals surface area contributed by atoms with Gasteiger partial charge in [0.05, 0.1) is 6.10 Å². The average Bonchev–Trinajstić information content (AvgIpc) is 2.49. The van der Waals surface area contributed by atoms with Gasteiger partial charge in [-0.25, -0.2) is 0 Å². The second-order valence-corrected chi connectivity index (χ2v) is 4.89. The van der Waals surface area contributed by atoms with Gasteiger partial charge in [0.1, 0.15) is 0 Å². The van der Waals surface area contributed by atoms with Crippen LogP contribution in [0.25, 0.3) is 0 Å². The normalized spacial score (nSPS) is 10.9. The fourth-order valence-electron chi connectivity index (χ4n) is 2.03. The molecule has 0 saturated heterocycles. The van der Waals surface area contributed by atoms with Crippen LogP contribution in [0, 0.1) is 0 Å². The molecule has 2 aromatic rings.